The molecule has 2 amide bonds. The van der Waals surface area contributed by atoms with Crippen LogP contribution in [0.25, 0.3) is 10.6 Å². The maximum absolute atomic E-state index is 12.9. The van der Waals surface area contributed by atoms with Crippen LogP contribution in [0.15, 0.2) is 87.6 Å². The second-order valence-corrected chi connectivity index (χ2v) is 12.7. The maximum Gasteiger partial charge on any atom is 0.256 e. The molecule has 0 radical (unpaired) electrons. The molecule has 3 aromatic carbocycles. The van der Waals surface area contributed by atoms with Crippen LogP contribution in [0, 0.1) is 0 Å². The first kappa shape index (κ1) is 28.4. The molecule has 1 aliphatic rings. The van der Waals surface area contributed by atoms with E-state index >= 15 is 0 Å². The SMILES string of the molecule is CCN(CC)CCCSc1ccc(-c2ncc(CNC(=O)c3ccc4c(c3)NC(=O)c3ccccc3S4)s2)cc1. The number of anilines is 1. The number of nitrogens with one attached hydrogen (secondary N) is 2. The zero-order valence-corrected chi connectivity index (χ0v) is 25.1. The van der Waals surface area contributed by atoms with Gasteiger partial charge in [-0.25, -0.2) is 4.98 Å². The summed E-state index contributed by atoms with van der Waals surface area (Å²) in [5, 5.41) is 6.87. The van der Waals surface area contributed by atoms with Crippen molar-refractivity contribution in [2.24, 2.45) is 0 Å². The van der Waals surface area contributed by atoms with E-state index in [2.05, 4.69) is 58.6 Å². The lowest BCUT2D eigenvalue weighted by Crippen LogP contribution is -2.24. The van der Waals surface area contributed by atoms with Gasteiger partial charge in [-0.1, -0.05) is 49.9 Å². The van der Waals surface area contributed by atoms with Gasteiger partial charge in [0, 0.05) is 36.9 Å². The fourth-order valence-electron chi connectivity index (χ4n) is 4.41. The molecule has 0 atom stereocenters. The Balaban J connectivity index is 1.14. The Kier molecular flexibility index (Phi) is 9.59. The molecule has 4 aromatic rings. The van der Waals surface area contributed by atoms with Crippen LogP contribution in [0.5, 0.6) is 0 Å². The number of aromatic nitrogens is 1. The molecule has 0 bridgehead atoms. The van der Waals surface area contributed by atoms with Gasteiger partial charge < -0.3 is 15.5 Å². The van der Waals surface area contributed by atoms with Crippen LogP contribution in [0.1, 0.15) is 45.9 Å². The van der Waals surface area contributed by atoms with Crippen molar-refractivity contribution in [3.63, 3.8) is 0 Å². The number of thioether (sulfide) groups is 1. The smallest absolute Gasteiger partial charge is 0.256 e. The van der Waals surface area contributed by atoms with Crippen LogP contribution in [0.2, 0.25) is 0 Å². The van der Waals surface area contributed by atoms with Crippen molar-refractivity contribution in [2.75, 3.05) is 30.7 Å². The van der Waals surface area contributed by atoms with Crippen molar-refractivity contribution in [3.05, 3.63) is 88.9 Å². The number of hydrogen-bond donors (Lipinski definition) is 2. The summed E-state index contributed by atoms with van der Waals surface area (Å²) in [6.45, 7) is 8.18. The summed E-state index contributed by atoms with van der Waals surface area (Å²) < 4.78 is 0. The van der Waals surface area contributed by atoms with Crippen LogP contribution >= 0.6 is 34.9 Å². The van der Waals surface area contributed by atoms with E-state index in [0.717, 1.165) is 50.6 Å². The van der Waals surface area contributed by atoms with E-state index in [1.165, 1.54) is 23.1 Å². The number of amides is 2. The van der Waals surface area contributed by atoms with Crippen molar-refractivity contribution >= 4 is 52.4 Å². The second kappa shape index (κ2) is 13.5. The summed E-state index contributed by atoms with van der Waals surface area (Å²) in [6, 6.07) is 21.5. The molecular weight excluding hydrogens is 557 g/mol. The highest BCUT2D eigenvalue weighted by Crippen LogP contribution is 2.39. The summed E-state index contributed by atoms with van der Waals surface area (Å²) in [6.07, 6.45) is 3.00. The third-order valence-electron chi connectivity index (χ3n) is 6.70. The van der Waals surface area contributed by atoms with Crippen molar-refractivity contribution in [1.29, 1.82) is 0 Å². The number of hydrogen-bond acceptors (Lipinski definition) is 7. The lowest BCUT2D eigenvalue weighted by molar-refractivity contribution is 0.0949. The minimum atomic E-state index is -0.193. The predicted molar refractivity (Wildman–Crippen MR) is 167 cm³/mol. The Labute approximate surface area is 248 Å². The summed E-state index contributed by atoms with van der Waals surface area (Å²) in [4.78, 5) is 36.7. The molecular formula is C31H32N4O2S3. The molecule has 2 heterocycles. The number of thiazole rings is 1. The standard InChI is InChI=1S/C31H32N4O2S3/c1-3-35(4-2)16-7-17-38-23-13-10-21(11-14-23)31-33-20-24(39-31)19-32-29(36)22-12-15-28-26(18-22)34-30(37)25-8-5-6-9-27(25)40-28/h5-6,8-15,18,20H,3-4,7,16-17,19H2,1-2H3,(H,32,36)(H,34,37). The second-order valence-electron chi connectivity index (χ2n) is 9.33. The lowest BCUT2D eigenvalue weighted by Gasteiger charge is -2.17. The molecule has 206 valence electrons. The third-order valence-corrected chi connectivity index (χ3v) is 10.00. The quantitative estimate of drug-likeness (QED) is 0.142. The zero-order valence-electron chi connectivity index (χ0n) is 22.6. The van der Waals surface area contributed by atoms with E-state index in [1.807, 2.05) is 48.3 Å². The largest absolute Gasteiger partial charge is 0.347 e. The third kappa shape index (κ3) is 6.96. The van der Waals surface area contributed by atoms with E-state index in [-0.39, 0.29) is 11.8 Å². The number of carbonyl (C=O) groups is 2. The normalized spacial score (nSPS) is 12.4. The van der Waals surface area contributed by atoms with Gasteiger partial charge in [-0.2, -0.15) is 0 Å². The number of fused-ring (bicyclic) bond motifs is 2. The highest BCUT2D eigenvalue weighted by atomic mass is 32.2. The van der Waals surface area contributed by atoms with Gasteiger partial charge in [0.15, 0.2) is 0 Å². The van der Waals surface area contributed by atoms with Crippen molar-refractivity contribution in [1.82, 2.24) is 15.2 Å². The fraction of sp³-hybridized carbons (Fsp3) is 0.258. The van der Waals surface area contributed by atoms with Crippen molar-refractivity contribution in [3.8, 4) is 10.6 Å². The number of carbonyl (C=O) groups excluding carboxylic acids is 2. The van der Waals surface area contributed by atoms with Gasteiger partial charge in [-0.3, -0.25) is 9.59 Å². The molecule has 0 aliphatic carbocycles. The molecule has 1 aliphatic heterocycles. The lowest BCUT2D eigenvalue weighted by atomic mass is 10.1. The molecule has 0 spiro atoms. The maximum atomic E-state index is 12.9. The Hall–Kier alpha value is -3.11. The summed E-state index contributed by atoms with van der Waals surface area (Å²) >= 11 is 4.99. The molecule has 0 saturated heterocycles. The van der Waals surface area contributed by atoms with Gasteiger partial charge in [-0.15, -0.1) is 23.1 Å². The van der Waals surface area contributed by atoms with E-state index in [1.54, 1.807) is 23.5 Å². The molecule has 0 saturated carbocycles. The first-order valence-electron chi connectivity index (χ1n) is 13.4. The van der Waals surface area contributed by atoms with Crippen LogP contribution in [0.4, 0.5) is 5.69 Å². The molecule has 5 rings (SSSR count). The Morgan fingerprint density at radius 1 is 1.02 bits per heavy atom. The first-order chi connectivity index (χ1) is 19.5. The van der Waals surface area contributed by atoms with Gasteiger partial charge >= 0.3 is 0 Å². The van der Waals surface area contributed by atoms with Crippen LogP contribution in [0.3, 0.4) is 0 Å². The number of rotatable bonds is 11. The van der Waals surface area contributed by atoms with E-state index in [9.17, 15) is 9.59 Å². The highest BCUT2D eigenvalue weighted by molar-refractivity contribution is 7.99. The topological polar surface area (TPSA) is 74.3 Å². The number of benzene rings is 3. The Bertz CT molecular complexity index is 1480. The van der Waals surface area contributed by atoms with Gasteiger partial charge in [0.05, 0.1) is 17.8 Å². The van der Waals surface area contributed by atoms with Gasteiger partial charge in [0.25, 0.3) is 11.8 Å². The van der Waals surface area contributed by atoms with Crippen LogP contribution < -0.4 is 10.6 Å². The summed E-state index contributed by atoms with van der Waals surface area (Å²) in [5.74, 6) is 0.750. The van der Waals surface area contributed by atoms with Gasteiger partial charge in [0.2, 0.25) is 0 Å². The molecule has 0 fully saturated rings. The summed E-state index contributed by atoms with van der Waals surface area (Å²) in [5.41, 5.74) is 2.86. The molecule has 1 aromatic heterocycles. The number of nitrogens with zero attached hydrogens (tertiary/aromatic N) is 2. The van der Waals surface area contributed by atoms with E-state index < -0.39 is 0 Å². The van der Waals surface area contributed by atoms with Crippen LogP contribution in [-0.4, -0.2) is 47.1 Å². The average Bonchev–Trinajstić information content (AvgIpc) is 3.41. The molecule has 6 nitrogen and oxygen atoms in total. The molecule has 40 heavy (non-hydrogen) atoms. The Morgan fingerprint density at radius 3 is 2.62 bits per heavy atom. The molecule has 0 unspecified atom stereocenters. The minimum absolute atomic E-state index is 0.168. The molecule has 9 heteroatoms. The predicted octanol–water partition coefficient (Wildman–Crippen LogP) is 7.28. The highest BCUT2D eigenvalue weighted by Gasteiger charge is 2.20. The zero-order chi connectivity index (χ0) is 27.9. The van der Waals surface area contributed by atoms with Gasteiger partial charge in [-0.05, 0) is 74.3 Å². The van der Waals surface area contributed by atoms with E-state index in [4.69, 9.17) is 0 Å². The van der Waals surface area contributed by atoms with Crippen molar-refractivity contribution < 1.29 is 9.59 Å². The monoisotopic (exact) mass is 588 g/mol. The molecule has 2 N–H and O–H groups in total. The van der Waals surface area contributed by atoms with Gasteiger partial charge in [0.1, 0.15) is 5.01 Å². The van der Waals surface area contributed by atoms with Crippen molar-refractivity contribution in [2.45, 2.75) is 41.5 Å². The van der Waals surface area contributed by atoms with Crippen LogP contribution in [-0.2, 0) is 6.54 Å². The average molecular weight is 589 g/mol. The first-order valence-corrected chi connectivity index (χ1v) is 16.1. The minimum Gasteiger partial charge on any atom is -0.347 e. The summed E-state index contributed by atoms with van der Waals surface area (Å²) in [7, 11) is 0. The van der Waals surface area contributed by atoms with E-state index in [0.29, 0.717) is 23.4 Å². The Morgan fingerprint density at radius 2 is 1.82 bits per heavy atom. The fourth-order valence-corrected chi connectivity index (χ4v) is 7.12.